The molecule has 0 atom stereocenters. The third-order valence-electron chi connectivity index (χ3n) is 3.76. The van der Waals surface area contributed by atoms with Gasteiger partial charge in [-0.2, -0.15) is 20.1 Å². The molecule has 0 aliphatic carbocycles. The molecular weight excluding hydrogens is 308 g/mol. The smallest absolute Gasteiger partial charge is 0.292 e. The number of fused-ring (bicyclic) bond motifs is 2. The number of nitrogens with zero attached hydrogens (tertiary/aromatic N) is 5. The molecular formula is C15H16N8O. The minimum absolute atomic E-state index is 0.0846. The highest BCUT2D eigenvalue weighted by atomic mass is 16.4. The Morgan fingerprint density at radius 2 is 1.88 bits per heavy atom. The molecule has 0 bridgehead atoms. The lowest BCUT2D eigenvalue weighted by Gasteiger charge is -2.06. The first kappa shape index (κ1) is 14.2. The summed E-state index contributed by atoms with van der Waals surface area (Å²) >= 11 is 0. The van der Waals surface area contributed by atoms with Crippen LogP contribution in [0.3, 0.4) is 0 Å². The number of nitrogens with two attached hydrogens (primary N) is 3. The fraction of sp³-hybridized carbons (Fsp3) is 0.200. The minimum Gasteiger partial charge on any atom is -0.424 e. The normalized spacial score (nSPS) is 11.8. The van der Waals surface area contributed by atoms with Crippen molar-refractivity contribution in [2.24, 2.45) is 0 Å². The monoisotopic (exact) mass is 324 g/mol. The third kappa shape index (κ3) is 2.02. The second kappa shape index (κ2) is 4.82. The van der Waals surface area contributed by atoms with E-state index in [2.05, 4.69) is 20.1 Å². The van der Waals surface area contributed by atoms with Gasteiger partial charge in [0.2, 0.25) is 5.95 Å². The molecule has 4 rings (SSSR count). The summed E-state index contributed by atoms with van der Waals surface area (Å²) in [6, 6.07) is 5.71. The lowest BCUT2D eigenvalue weighted by atomic mass is 10.1. The summed E-state index contributed by atoms with van der Waals surface area (Å²) in [5, 5.41) is 5.32. The van der Waals surface area contributed by atoms with Crippen molar-refractivity contribution in [3.8, 4) is 11.3 Å². The largest absolute Gasteiger partial charge is 0.424 e. The van der Waals surface area contributed by atoms with E-state index in [4.69, 9.17) is 21.6 Å². The number of oxazole rings is 1. The summed E-state index contributed by atoms with van der Waals surface area (Å²) in [6.07, 6.45) is 0. The van der Waals surface area contributed by atoms with Crippen LogP contribution in [0.4, 0.5) is 17.8 Å². The maximum absolute atomic E-state index is 6.09. The average molecular weight is 324 g/mol. The van der Waals surface area contributed by atoms with Crippen LogP contribution in [-0.4, -0.2) is 24.7 Å². The molecule has 0 aliphatic rings. The van der Waals surface area contributed by atoms with Crippen LogP contribution in [0.2, 0.25) is 0 Å². The molecule has 0 aliphatic heterocycles. The lowest BCUT2D eigenvalue weighted by molar-refractivity contribution is 0.548. The van der Waals surface area contributed by atoms with Crippen LogP contribution in [0.25, 0.3) is 33.4 Å². The van der Waals surface area contributed by atoms with E-state index >= 15 is 0 Å². The van der Waals surface area contributed by atoms with E-state index in [0.717, 1.165) is 5.56 Å². The first-order valence-corrected chi connectivity index (χ1v) is 7.41. The van der Waals surface area contributed by atoms with Gasteiger partial charge in [-0.25, -0.2) is 4.68 Å². The van der Waals surface area contributed by atoms with Gasteiger partial charge in [-0.05, 0) is 32.0 Å². The molecule has 4 aromatic rings. The molecule has 6 N–H and O–H groups in total. The minimum atomic E-state index is 0.0846. The zero-order valence-corrected chi connectivity index (χ0v) is 13.2. The Morgan fingerprint density at radius 3 is 2.62 bits per heavy atom. The van der Waals surface area contributed by atoms with Crippen molar-refractivity contribution in [1.29, 1.82) is 0 Å². The van der Waals surface area contributed by atoms with Gasteiger partial charge in [0.25, 0.3) is 6.01 Å². The SMILES string of the molecule is CC(C)n1nc(-c2ccc3oc(N)nc3c2)c2c(N)nc(N)nc21. The molecule has 0 radical (unpaired) electrons. The van der Waals surface area contributed by atoms with Crippen LogP contribution in [0, 0.1) is 0 Å². The van der Waals surface area contributed by atoms with Crippen molar-refractivity contribution in [3.63, 3.8) is 0 Å². The Bertz CT molecular complexity index is 1080. The molecule has 24 heavy (non-hydrogen) atoms. The number of anilines is 3. The highest BCUT2D eigenvalue weighted by Crippen LogP contribution is 2.33. The van der Waals surface area contributed by atoms with Crippen molar-refractivity contribution in [1.82, 2.24) is 24.7 Å². The Balaban J connectivity index is 2.04. The van der Waals surface area contributed by atoms with Crippen molar-refractivity contribution >= 4 is 39.9 Å². The number of hydrogen-bond acceptors (Lipinski definition) is 8. The zero-order valence-electron chi connectivity index (χ0n) is 13.2. The van der Waals surface area contributed by atoms with Gasteiger partial charge in [-0.3, -0.25) is 0 Å². The molecule has 0 fully saturated rings. The van der Waals surface area contributed by atoms with E-state index in [9.17, 15) is 0 Å². The molecule has 0 amide bonds. The van der Waals surface area contributed by atoms with E-state index in [1.54, 1.807) is 10.7 Å². The summed E-state index contributed by atoms with van der Waals surface area (Å²) in [6.45, 7) is 4.01. The first-order chi connectivity index (χ1) is 11.4. The number of nitrogen functional groups attached to an aromatic ring is 3. The fourth-order valence-electron chi connectivity index (χ4n) is 2.74. The number of hydrogen-bond donors (Lipinski definition) is 3. The second-order valence-corrected chi connectivity index (χ2v) is 5.79. The van der Waals surface area contributed by atoms with E-state index in [0.29, 0.717) is 33.6 Å². The van der Waals surface area contributed by atoms with Gasteiger partial charge >= 0.3 is 0 Å². The summed E-state index contributed by atoms with van der Waals surface area (Å²) in [5.74, 6) is 0.409. The standard InChI is InChI=1S/C15H16N8O/c1-6(2)23-13-10(12(16)20-14(17)21-13)11(22-23)7-3-4-9-8(5-7)19-15(18)24-9/h3-6H,1-2H3,(H2,18,19)(H4,16,17,20,21). The Kier molecular flexibility index (Phi) is 2.86. The summed E-state index contributed by atoms with van der Waals surface area (Å²) in [4.78, 5) is 12.5. The van der Waals surface area contributed by atoms with Crippen molar-refractivity contribution in [2.45, 2.75) is 19.9 Å². The average Bonchev–Trinajstić information content (AvgIpc) is 3.05. The molecule has 0 saturated heterocycles. The highest BCUT2D eigenvalue weighted by Gasteiger charge is 2.20. The summed E-state index contributed by atoms with van der Waals surface area (Å²) in [7, 11) is 0. The van der Waals surface area contributed by atoms with E-state index < -0.39 is 0 Å². The number of rotatable bonds is 2. The van der Waals surface area contributed by atoms with Crippen LogP contribution in [0.5, 0.6) is 0 Å². The predicted octanol–water partition coefficient (Wildman–Crippen LogP) is 1.96. The third-order valence-corrected chi connectivity index (χ3v) is 3.76. The maximum Gasteiger partial charge on any atom is 0.292 e. The Morgan fingerprint density at radius 1 is 1.08 bits per heavy atom. The highest BCUT2D eigenvalue weighted by molar-refractivity contribution is 6.00. The van der Waals surface area contributed by atoms with Crippen LogP contribution in [-0.2, 0) is 0 Å². The Hall–Kier alpha value is -3.36. The van der Waals surface area contributed by atoms with Gasteiger partial charge < -0.3 is 21.6 Å². The van der Waals surface area contributed by atoms with Gasteiger partial charge in [-0.15, -0.1) is 0 Å². The van der Waals surface area contributed by atoms with Gasteiger partial charge in [0.15, 0.2) is 11.2 Å². The zero-order chi connectivity index (χ0) is 17.0. The molecule has 9 nitrogen and oxygen atoms in total. The van der Waals surface area contributed by atoms with Crippen LogP contribution >= 0.6 is 0 Å². The van der Waals surface area contributed by atoms with Crippen LogP contribution < -0.4 is 17.2 Å². The summed E-state index contributed by atoms with van der Waals surface area (Å²) in [5.41, 5.74) is 20.8. The molecule has 1 aromatic carbocycles. The quantitative estimate of drug-likeness (QED) is 0.506. The van der Waals surface area contributed by atoms with E-state index in [-0.39, 0.29) is 18.0 Å². The Labute approximate surface area is 136 Å². The molecule has 3 heterocycles. The number of benzene rings is 1. The van der Waals surface area contributed by atoms with Crippen LogP contribution in [0.1, 0.15) is 19.9 Å². The number of aromatic nitrogens is 5. The molecule has 9 heteroatoms. The lowest BCUT2D eigenvalue weighted by Crippen LogP contribution is -2.06. The summed E-state index contributed by atoms with van der Waals surface area (Å²) < 4.78 is 7.08. The van der Waals surface area contributed by atoms with Gasteiger partial charge in [-0.1, -0.05) is 0 Å². The van der Waals surface area contributed by atoms with Crippen molar-refractivity contribution < 1.29 is 4.42 Å². The fourth-order valence-corrected chi connectivity index (χ4v) is 2.74. The molecule has 0 unspecified atom stereocenters. The van der Waals surface area contributed by atoms with Crippen molar-refractivity contribution in [3.05, 3.63) is 18.2 Å². The predicted molar refractivity (Wildman–Crippen MR) is 91.9 cm³/mol. The van der Waals surface area contributed by atoms with Crippen molar-refractivity contribution in [2.75, 3.05) is 17.2 Å². The molecule has 0 saturated carbocycles. The first-order valence-electron chi connectivity index (χ1n) is 7.41. The molecule has 122 valence electrons. The van der Waals surface area contributed by atoms with E-state index in [1.165, 1.54) is 0 Å². The van der Waals surface area contributed by atoms with Gasteiger partial charge in [0.1, 0.15) is 17.0 Å². The maximum atomic E-state index is 6.09. The topological polar surface area (TPSA) is 148 Å². The van der Waals surface area contributed by atoms with Crippen LogP contribution in [0.15, 0.2) is 22.6 Å². The van der Waals surface area contributed by atoms with E-state index in [1.807, 2.05) is 26.0 Å². The molecule has 0 spiro atoms. The van der Waals surface area contributed by atoms with Gasteiger partial charge in [0.05, 0.1) is 5.39 Å². The second-order valence-electron chi connectivity index (χ2n) is 5.79. The van der Waals surface area contributed by atoms with Gasteiger partial charge in [0, 0.05) is 11.6 Å². The molecule has 3 aromatic heterocycles.